The number of H-pyrrole nitrogens is 1. The van der Waals surface area contributed by atoms with E-state index >= 15 is 0 Å². The van der Waals surface area contributed by atoms with E-state index in [1.807, 2.05) is 0 Å². The van der Waals surface area contributed by atoms with Gasteiger partial charge in [-0.1, -0.05) is 0 Å². The van der Waals surface area contributed by atoms with Crippen molar-refractivity contribution in [2.75, 3.05) is 12.4 Å². The Kier molecular flexibility index (Phi) is 2.79. The van der Waals surface area contributed by atoms with E-state index in [0.717, 1.165) is 0 Å². The molecule has 0 saturated carbocycles. The zero-order valence-electron chi connectivity index (χ0n) is 6.31. The normalized spacial score (nSPS) is 9.50. The molecule has 1 heterocycles. The van der Waals surface area contributed by atoms with Gasteiger partial charge >= 0.3 is 0 Å². The maximum absolute atomic E-state index is 11.2. The van der Waals surface area contributed by atoms with Gasteiger partial charge in [0.15, 0.2) is 0 Å². The second kappa shape index (κ2) is 3.65. The van der Waals surface area contributed by atoms with Crippen molar-refractivity contribution in [3.63, 3.8) is 0 Å². The molecule has 3 N–H and O–H groups in total. The molecule has 0 aliphatic carbocycles. The number of nitrogens with one attached hydrogen (secondary N) is 3. The lowest BCUT2D eigenvalue weighted by molar-refractivity contribution is 1.10. The quantitative estimate of drug-likeness (QED) is 0.546. The van der Waals surface area contributed by atoms with Crippen molar-refractivity contribution in [1.82, 2.24) is 9.97 Å². The highest BCUT2D eigenvalue weighted by atomic mass is 127. The van der Waals surface area contributed by atoms with E-state index in [1.54, 1.807) is 29.6 Å². The van der Waals surface area contributed by atoms with Gasteiger partial charge in [0.25, 0.3) is 5.56 Å². The second-order valence-electron chi connectivity index (χ2n) is 2.02. The van der Waals surface area contributed by atoms with Crippen molar-refractivity contribution in [3.05, 3.63) is 22.2 Å². The third-order valence-electron chi connectivity index (χ3n) is 1.31. The molecule has 0 bridgehead atoms. The molecular formula is C6H7IN4O. The summed E-state index contributed by atoms with van der Waals surface area (Å²) < 4.78 is 0.173. The van der Waals surface area contributed by atoms with Crippen LogP contribution in [0.2, 0.25) is 0 Å². The molecule has 64 valence electrons. The summed E-state index contributed by atoms with van der Waals surface area (Å²) in [5, 5.41) is 10.0. The predicted molar refractivity (Wildman–Crippen MR) is 55.3 cm³/mol. The molecule has 0 amide bonds. The first-order chi connectivity index (χ1) is 5.66. The Bertz CT molecular complexity index is 359. The second-order valence-corrected chi connectivity index (χ2v) is 3.10. The smallest absolute Gasteiger partial charge is 0.262 e. The van der Waals surface area contributed by atoms with Crippen molar-refractivity contribution in [3.8, 4) is 0 Å². The molecule has 0 radical (unpaired) electrons. The Labute approximate surface area is 82.3 Å². The van der Waals surface area contributed by atoms with Gasteiger partial charge in [-0.2, -0.15) is 0 Å². The SMILES string of the molecule is CNc1nc[nH]c(=O)c1C(=N)I. The van der Waals surface area contributed by atoms with Gasteiger partial charge in [0.1, 0.15) is 15.1 Å². The van der Waals surface area contributed by atoms with Crippen LogP contribution < -0.4 is 10.9 Å². The van der Waals surface area contributed by atoms with Gasteiger partial charge in [0, 0.05) is 7.05 Å². The zero-order chi connectivity index (χ0) is 9.14. The Morgan fingerprint density at radius 1 is 1.83 bits per heavy atom. The van der Waals surface area contributed by atoms with Crippen LogP contribution in [0.4, 0.5) is 5.82 Å². The highest BCUT2D eigenvalue weighted by molar-refractivity contribution is 14.1. The molecule has 0 aliphatic heterocycles. The summed E-state index contributed by atoms with van der Waals surface area (Å²) >= 11 is 1.77. The van der Waals surface area contributed by atoms with Crippen LogP contribution in [0.25, 0.3) is 0 Å². The first kappa shape index (κ1) is 9.17. The summed E-state index contributed by atoms with van der Waals surface area (Å²) in [6, 6.07) is 0. The van der Waals surface area contributed by atoms with E-state index in [-0.39, 0.29) is 14.8 Å². The predicted octanol–water partition coefficient (Wildman–Crippen LogP) is 0.572. The topological polar surface area (TPSA) is 81.6 Å². The third-order valence-corrected chi connectivity index (χ3v) is 1.85. The van der Waals surface area contributed by atoms with Gasteiger partial charge in [-0.15, -0.1) is 0 Å². The number of hydrogen-bond donors (Lipinski definition) is 3. The maximum Gasteiger partial charge on any atom is 0.262 e. The van der Waals surface area contributed by atoms with Crippen LogP contribution in [-0.4, -0.2) is 20.7 Å². The third kappa shape index (κ3) is 1.63. The fourth-order valence-electron chi connectivity index (χ4n) is 0.793. The largest absolute Gasteiger partial charge is 0.372 e. The molecule has 1 aromatic heterocycles. The number of aromatic nitrogens is 2. The van der Waals surface area contributed by atoms with Crippen LogP contribution in [0.5, 0.6) is 0 Å². The van der Waals surface area contributed by atoms with Crippen molar-refractivity contribution in [2.45, 2.75) is 0 Å². The number of aromatic amines is 1. The Morgan fingerprint density at radius 3 is 2.92 bits per heavy atom. The first-order valence-corrected chi connectivity index (χ1v) is 4.24. The average Bonchev–Trinajstić information content (AvgIpc) is 2.03. The van der Waals surface area contributed by atoms with Crippen LogP contribution in [0.1, 0.15) is 5.56 Å². The van der Waals surface area contributed by atoms with Crippen molar-refractivity contribution in [1.29, 1.82) is 5.41 Å². The monoisotopic (exact) mass is 278 g/mol. The summed E-state index contributed by atoms with van der Waals surface area (Å²) in [5.74, 6) is 0.429. The lowest BCUT2D eigenvalue weighted by Crippen LogP contribution is -2.18. The number of hydrogen-bond acceptors (Lipinski definition) is 4. The molecule has 12 heavy (non-hydrogen) atoms. The van der Waals surface area contributed by atoms with Crippen molar-refractivity contribution in [2.24, 2.45) is 0 Å². The van der Waals surface area contributed by atoms with E-state index in [0.29, 0.717) is 5.82 Å². The van der Waals surface area contributed by atoms with Gasteiger partial charge in [-0.3, -0.25) is 10.2 Å². The summed E-state index contributed by atoms with van der Waals surface area (Å²) in [6.45, 7) is 0. The summed E-state index contributed by atoms with van der Waals surface area (Å²) in [4.78, 5) is 17.4. The molecular weight excluding hydrogens is 271 g/mol. The highest BCUT2D eigenvalue weighted by Gasteiger charge is 2.09. The minimum Gasteiger partial charge on any atom is -0.372 e. The number of rotatable bonds is 2. The van der Waals surface area contributed by atoms with E-state index < -0.39 is 0 Å². The van der Waals surface area contributed by atoms with Gasteiger partial charge in [0.05, 0.1) is 6.33 Å². The molecule has 5 nitrogen and oxygen atoms in total. The van der Waals surface area contributed by atoms with Gasteiger partial charge in [0.2, 0.25) is 0 Å². The fraction of sp³-hybridized carbons (Fsp3) is 0.167. The van der Waals surface area contributed by atoms with E-state index in [2.05, 4.69) is 15.3 Å². The standard InChI is InChI=1S/C6H7IN4O/c1-9-5-3(4(7)8)6(12)11-2-10-5/h2,8H,1H3,(H2,9,10,11,12). The van der Waals surface area contributed by atoms with Gasteiger partial charge in [-0.25, -0.2) is 4.98 Å². The first-order valence-electron chi connectivity index (χ1n) is 3.16. The summed E-state index contributed by atoms with van der Waals surface area (Å²) in [6.07, 6.45) is 1.30. The summed E-state index contributed by atoms with van der Waals surface area (Å²) in [7, 11) is 1.66. The molecule has 0 fully saturated rings. The van der Waals surface area contributed by atoms with Crippen LogP contribution in [0, 0.1) is 5.41 Å². The van der Waals surface area contributed by atoms with Crippen molar-refractivity contribution >= 4 is 32.1 Å². The minimum absolute atomic E-state index is 0.173. The van der Waals surface area contributed by atoms with E-state index in [1.165, 1.54) is 6.33 Å². The number of anilines is 1. The molecule has 1 aromatic rings. The molecule has 0 spiro atoms. The van der Waals surface area contributed by atoms with Gasteiger partial charge in [-0.05, 0) is 22.6 Å². The minimum atomic E-state index is -0.297. The molecule has 6 heteroatoms. The Hall–Kier alpha value is -0.920. The Balaban J connectivity index is 3.40. The lowest BCUT2D eigenvalue weighted by Gasteiger charge is -2.02. The van der Waals surface area contributed by atoms with Crippen LogP contribution in [0.3, 0.4) is 0 Å². The summed E-state index contributed by atoms with van der Waals surface area (Å²) in [5.41, 5.74) is -0.0191. The number of halogens is 1. The van der Waals surface area contributed by atoms with Crippen LogP contribution in [-0.2, 0) is 0 Å². The van der Waals surface area contributed by atoms with E-state index in [4.69, 9.17) is 5.41 Å². The molecule has 0 aromatic carbocycles. The highest BCUT2D eigenvalue weighted by Crippen LogP contribution is 2.08. The van der Waals surface area contributed by atoms with Gasteiger partial charge < -0.3 is 10.3 Å². The number of nitrogens with zero attached hydrogens (tertiary/aromatic N) is 1. The van der Waals surface area contributed by atoms with Crippen LogP contribution in [0.15, 0.2) is 11.1 Å². The molecule has 1 rings (SSSR count). The molecule has 0 saturated heterocycles. The van der Waals surface area contributed by atoms with Crippen molar-refractivity contribution < 1.29 is 0 Å². The molecule has 0 atom stereocenters. The Morgan fingerprint density at radius 2 is 2.50 bits per heavy atom. The fourth-order valence-corrected chi connectivity index (χ4v) is 1.29. The average molecular weight is 278 g/mol. The van der Waals surface area contributed by atoms with Crippen LogP contribution >= 0.6 is 22.6 Å². The maximum atomic E-state index is 11.2. The zero-order valence-corrected chi connectivity index (χ0v) is 8.47. The molecule has 0 unspecified atom stereocenters. The van der Waals surface area contributed by atoms with E-state index in [9.17, 15) is 4.79 Å². The lowest BCUT2D eigenvalue weighted by atomic mass is 10.3. The molecule has 0 aliphatic rings.